The van der Waals surface area contributed by atoms with Crippen molar-refractivity contribution < 1.29 is 9.59 Å². The summed E-state index contributed by atoms with van der Waals surface area (Å²) < 4.78 is 0. The van der Waals surface area contributed by atoms with Gasteiger partial charge < -0.3 is 10.2 Å². The third kappa shape index (κ3) is 3.85. The lowest BCUT2D eigenvalue weighted by Crippen LogP contribution is -2.65. The van der Waals surface area contributed by atoms with E-state index in [0.717, 1.165) is 22.6 Å². The van der Waals surface area contributed by atoms with E-state index in [1.165, 1.54) is 0 Å². The van der Waals surface area contributed by atoms with Gasteiger partial charge in [0.25, 0.3) is 5.91 Å². The van der Waals surface area contributed by atoms with E-state index in [4.69, 9.17) is 46.4 Å². The Hall–Kier alpha value is -2.03. The molecule has 3 saturated heterocycles. The molecule has 5 nitrogen and oxygen atoms in total. The maximum atomic E-state index is 15.3. The number of ketones is 1. The van der Waals surface area contributed by atoms with E-state index in [0.29, 0.717) is 50.2 Å². The summed E-state index contributed by atoms with van der Waals surface area (Å²) in [5, 5.41) is 5.15. The molecule has 1 amide bonds. The maximum Gasteiger partial charge on any atom is 0.250 e. The molecule has 0 bridgehead atoms. The quantitative estimate of drug-likeness (QED) is 0.299. The molecule has 0 aromatic heterocycles. The molecule has 0 radical (unpaired) electrons. The molecule has 7 rings (SSSR count). The van der Waals surface area contributed by atoms with Gasteiger partial charge in [-0.3, -0.25) is 14.5 Å². The minimum atomic E-state index is -1.24. The van der Waals surface area contributed by atoms with Crippen LogP contribution in [0, 0.1) is 5.41 Å². The van der Waals surface area contributed by atoms with E-state index >= 15 is 4.79 Å². The number of hydrogen-bond donors (Lipinski definition) is 1. The fourth-order valence-electron chi connectivity index (χ4n) is 7.72. The van der Waals surface area contributed by atoms with Crippen molar-refractivity contribution in [1.29, 1.82) is 0 Å². The highest BCUT2D eigenvalue weighted by Gasteiger charge is 2.78. The number of carbonyl (C=O) groups excluding carboxylic acids is 2. The highest BCUT2D eigenvalue weighted by molar-refractivity contribution is 7.99. The Bertz CT molecular complexity index is 1660. The van der Waals surface area contributed by atoms with Gasteiger partial charge in [0.1, 0.15) is 5.54 Å². The molecule has 2 spiro atoms. The number of halogens is 4. The molecule has 4 atom stereocenters. The highest BCUT2D eigenvalue weighted by Crippen LogP contribution is 2.69. The molecule has 4 aliphatic heterocycles. The van der Waals surface area contributed by atoms with Crippen LogP contribution in [-0.2, 0) is 15.1 Å². The normalized spacial score (nSPS) is 30.4. The summed E-state index contributed by atoms with van der Waals surface area (Å²) >= 11 is 27.8. The Labute approximate surface area is 262 Å². The second kappa shape index (κ2) is 10.0. The van der Waals surface area contributed by atoms with Crippen LogP contribution in [0.1, 0.15) is 22.6 Å². The molecule has 0 unspecified atom stereocenters. The number of nitrogens with zero attached hydrogens (tertiary/aromatic N) is 2. The summed E-state index contributed by atoms with van der Waals surface area (Å²) in [6.07, 6.45) is 1.85. The van der Waals surface area contributed by atoms with Crippen molar-refractivity contribution in [2.45, 2.75) is 17.5 Å². The van der Waals surface area contributed by atoms with Crippen LogP contribution < -0.4 is 5.32 Å². The number of anilines is 1. The molecule has 4 aliphatic rings. The van der Waals surface area contributed by atoms with Gasteiger partial charge in [0.05, 0.1) is 5.41 Å². The lowest BCUT2D eigenvalue weighted by atomic mass is 9.55. The Morgan fingerprint density at radius 2 is 1.71 bits per heavy atom. The van der Waals surface area contributed by atoms with Crippen molar-refractivity contribution in [3.05, 3.63) is 103 Å². The van der Waals surface area contributed by atoms with Crippen molar-refractivity contribution >= 4 is 81.6 Å². The molecule has 4 heterocycles. The van der Waals surface area contributed by atoms with Gasteiger partial charge in [-0.15, -0.1) is 11.8 Å². The second-order valence-electron chi connectivity index (χ2n) is 11.2. The van der Waals surface area contributed by atoms with E-state index in [2.05, 4.69) is 15.1 Å². The number of thioether (sulfide) groups is 1. The molecule has 0 aliphatic carbocycles. The molecule has 3 fully saturated rings. The van der Waals surface area contributed by atoms with Crippen molar-refractivity contribution in [3.63, 3.8) is 0 Å². The SMILES string of the molecule is CN1C/C(=C\c2ccc(Cl)cc2Cl)C(=O)[C@]2(C1)[C@@H](c1ccc(Cl)cc1Cl)[C@@H]1CSCN1[C@@]21C(=O)Nc2ccccc21. The Morgan fingerprint density at radius 1 is 0.976 bits per heavy atom. The van der Waals surface area contributed by atoms with Crippen molar-refractivity contribution in [2.75, 3.05) is 37.1 Å². The number of piperidine rings is 1. The standard InChI is InChI=1S/C31H25Cl4N3O2S/c1-37-13-18(10-17-6-7-19(32)11-23(17)34)28(39)30(15-37)27(21-9-8-20(33)12-24(21)35)26-14-41-16-38(26)31(30)22-4-2-3-5-25(22)36-29(31)40/h2-12,26-27H,13-16H2,1H3,(H,36,40)/b18-10+/t26-,27-,30-,31-/m0/s1. The summed E-state index contributed by atoms with van der Waals surface area (Å²) in [7, 11) is 2.00. The second-order valence-corrected chi connectivity index (χ2v) is 13.9. The minimum absolute atomic E-state index is 0.0658. The molecular formula is C31H25Cl4N3O2S. The summed E-state index contributed by atoms with van der Waals surface area (Å²) in [5.41, 5.74) is 1.26. The van der Waals surface area contributed by atoms with Crippen LogP contribution in [0.15, 0.2) is 66.2 Å². The largest absolute Gasteiger partial charge is 0.324 e. The van der Waals surface area contributed by atoms with Crippen molar-refractivity contribution in [3.8, 4) is 0 Å². The number of para-hydroxylation sites is 1. The van der Waals surface area contributed by atoms with E-state index in [-0.39, 0.29) is 23.7 Å². The van der Waals surface area contributed by atoms with Gasteiger partial charge >= 0.3 is 0 Å². The molecule has 3 aromatic carbocycles. The predicted octanol–water partition coefficient (Wildman–Crippen LogP) is 7.20. The first-order valence-corrected chi connectivity index (χ1v) is 15.9. The van der Waals surface area contributed by atoms with Gasteiger partial charge in [0.15, 0.2) is 5.78 Å². The molecular weight excluding hydrogens is 620 g/mol. The summed E-state index contributed by atoms with van der Waals surface area (Å²) in [5.74, 6) is 0.769. The summed E-state index contributed by atoms with van der Waals surface area (Å²) in [6.45, 7) is 0.792. The number of carbonyl (C=O) groups is 2. The van der Waals surface area contributed by atoms with E-state index < -0.39 is 11.0 Å². The van der Waals surface area contributed by atoms with Crippen LogP contribution in [0.2, 0.25) is 20.1 Å². The highest BCUT2D eigenvalue weighted by atomic mass is 35.5. The lowest BCUT2D eigenvalue weighted by Gasteiger charge is -2.51. The van der Waals surface area contributed by atoms with Crippen LogP contribution in [0.25, 0.3) is 6.08 Å². The minimum Gasteiger partial charge on any atom is -0.324 e. The zero-order valence-electron chi connectivity index (χ0n) is 22.0. The van der Waals surface area contributed by atoms with Gasteiger partial charge in [0, 0.05) is 73.6 Å². The predicted molar refractivity (Wildman–Crippen MR) is 168 cm³/mol. The fraction of sp³-hybridized carbons (Fsp3) is 0.290. The number of likely N-dealkylation sites (N-methyl/N-ethyl adjacent to an activating group) is 1. The van der Waals surface area contributed by atoms with Crippen LogP contribution in [0.4, 0.5) is 5.69 Å². The van der Waals surface area contributed by atoms with Crippen molar-refractivity contribution in [1.82, 2.24) is 9.80 Å². The molecule has 210 valence electrons. The Morgan fingerprint density at radius 3 is 2.46 bits per heavy atom. The topological polar surface area (TPSA) is 52.7 Å². The first kappa shape index (κ1) is 27.8. The van der Waals surface area contributed by atoms with Crippen LogP contribution in [0.3, 0.4) is 0 Å². The first-order chi connectivity index (χ1) is 19.7. The van der Waals surface area contributed by atoms with Crippen LogP contribution >= 0.6 is 58.2 Å². The number of benzene rings is 3. The van der Waals surface area contributed by atoms with Crippen LogP contribution in [0.5, 0.6) is 0 Å². The third-order valence-corrected chi connectivity index (χ3v) is 11.2. The van der Waals surface area contributed by atoms with Gasteiger partial charge in [-0.05, 0) is 54.6 Å². The Kier molecular flexibility index (Phi) is 6.79. The van der Waals surface area contributed by atoms with Gasteiger partial charge in [0.2, 0.25) is 0 Å². The monoisotopic (exact) mass is 643 g/mol. The first-order valence-electron chi connectivity index (χ1n) is 13.3. The number of nitrogens with one attached hydrogen (secondary N) is 1. The smallest absolute Gasteiger partial charge is 0.250 e. The number of likely N-dealkylation sites (tertiary alicyclic amines) is 1. The third-order valence-electron chi connectivity index (χ3n) is 9.05. The fourth-order valence-corrected chi connectivity index (χ4v) is 10.0. The molecule has 1 N–H and O–H groups in total. The summed E-state index contributed by atoms with van der Waals surface area (Å²) in [6, 6.07) is 18.4. The van der Waals surface area contributed by atoms with Crippen molar-refractivity contribution in [2.24, 2.45) is 5.41 Å². The average Bonchev–Trinajstić information content (AvgIpc) is 3.57. The van der Waals surface area contributed by atoms with Gasteiger partial charge in [-0.25, -0.2) is 0 Å². The zero-order chi connectivity index (χ0) is 28.7. The van der Waals surface area contributed by atoms with E-state index in [1.54, 1.807) is 30.0 Å². The molecule has 10 heteroatoms. The average molecular weight is 645 g/mol. The number of fused-ring (bicyclic) bond motifs is 5. The van der Waals surface area contributed by atoms with Gasteiger partial charge in [-0.1, -0.05) is 76.7 Å². The number of amides is 1. The number of rotatable bonds is 2. The zero-order valence-corrected chi connectivity index (χ0v) is 25.8. The summed E-state index contributed by atoms with van der Waals surface area (Å²) in [4.78, 5) is 34.3. The molecule has 0 saturated carbocycles. The van der Waals surface area contributed by atoms with E-state index in [9.17, 15) is 4.79 Å². The maximum absolute atomic E-state index is 15.3. The van der Waals surface area contributed by atoms with E-state index in [1.807, 2.05) is 55.6 Å². The number of hydrogen-bond acceptors (Lipinski definition) is 5. The van der Waals surface area contributed by atoms with Crippen LogP contribution in [-0.4, -0.2) is 59.3 Å². The number of Topliss-reactive ketones (excluding diaryl/α,β-unsaturated/α-hetero) is 1. The molecule has 3 aromatic rings. The Balaban J connectivity index is 1.54. The lowest BCUT2D eigenvalue weighted by molar-refractivity contribution is -0.146. The van der Waals surface area contributed by atoms with Gasteiger partial charge in [-0.2, -0.15) is 0 Å². The molecule has 41 heavy (non-hydrogen) atoms.